The highest BCUT2D eigenvalue weighted by Crippen LogP contribution is 2.35. The minimum atomic E-state index is 0.306. The third kappa shape index (κ3) is 6.35. The first-order valence-electron chi connectivity index (χ1n) is 10.4. The zero-order valence-corrected chi connectivity index (χ0v) is 19.8. The Labute approximate surface area is 199 Å². The number of rotatable bonds is 11. The number of hydrogen-bond donors (Lipinski definition) is 1. The molecule has 0 aromatic heterocycles. The molecule has 3 aromatic carbocycles. The second kappa shape index (κ2) is 11.7. The van der Waals surface area contributed by atoms with Crippen LogP contribution in [0.2, 0.25) is 10.0 Å². The maximum Gasteiger partial charge on any atom is 0.165 e. The predicted octanol–water partition coefficient (Wildman–Crippen LogP) is 7.32. The van der Waals surface area contributed by atoms with E-state index in [4.69, 9.17) is 37.4 Å². The number of allylic oxidation sites excluding steroid dienone is 1. The average molecular weight is 472 g/mol. The summed E-state index contributed by atoms with van der Waals surface area (Å²) in [4.78, 5) is 0. The first kappa shape index (κ1) is 23.8. The molecule has 6 heteroatoms. The van der Waals surface area contributed by atoms with Crippen molar-refractivity contribution in [1.29, 1.82) is 0 Å². The second-order valence-electron chi connectivity index (χ2n) is 7.11. The highest BCUT2D eigenvalue weighted by molar-refractivity contribution is 6.35. The van der Waals surface area contributed by atoms with Gasteiger partial charge in [0.05, 0.1) is 13.7 Å². The Hall–Kier alpha value is -2.82. The minimum absolute atomic E-state index is 0.306. The highest BCUT2D eigenvalue weighted by Gasteiger charge is 2.14. The van der Waals surface area contributed by atoms with Crippen LogP contribution in [-0.4, -0.2) is 13.7 Å². The van der Waals surface area contributed by atoms with Crippen LogP contribution in [0.1, 0.15) is 23.6 Å². The van der Waals surface area contributed by atoms with Crippen molar-refractivity contribution in [2.24, 2.45) is 0 Å². The summed E-state index contributed by atoms with van der Waals surface area (Å²) in [5, 5.41) is 4.59. The summed E-state index contributed by atoms with van der Waals surface area (Å²) in [6.45, 7) is 7.44. The lowest BCUT2D eigenvalue weighted by Gasteiger charge is -2.17. The molecule has 0 fully saturated rings. The summed E-state index contributed by atoms with van der Waals surface area (Å²) >= 11 is 12.3. The average Bonchev–Trinajstić information content (AvgIpc) is 2.79. The van der Waals surface area contributed by atoms with Gasteiger partial charge in [-0.1, -0.05) is 35.3 Å². The summed E-state index contributed by atoms with van der Waals surface area (Å²) < 4.78 is 17.3. The first-order chi connectivity index (χ1) is 15.5. The summed E-state index contributed by atoms with van der Waals surface area (Å²) in [5.41, 5.74) is 3.93. The molecular formula is C26H27Cl2NO3. The van der Waals surface area contributed by atoms with Crippen LogP contribution in [0.4, 0.5) is 5.69 Å². The van der Waals surface area contributed by atoms with Gasteiger partial charge in [-0.05, 0) is 67.4 Å². The van der Waals surface area contributed by atoms with Gasteiger partial charge in [0.1, 0.15) is 12.4 Å². The van der Waals surface area contributed by atoms with E-state index in [2.05, 4.69) is 18.0 Å². The molecule has 0 unspecified atom stereocenters. The van der Waals surface area contributed by atoms with E-state index in [-0.39, 0.29) is 0 Å². The molecule has 0 spiro atoms. The molecule has 0 saturated heterocycles. The Morgan fingerprint density at radius 1 is 0.969 bits per heavy atom. The molecule has 4 nitrogen and oxygen atoms in total. The standard InChI is InChI=1S/C26H27Cl2NO3/c1-4-6-19-13-18(16-29-22-9-11-23(12-10-22)31-5-2)14-25(30-3)26(19)32-17-20-7-8-21(27)15-24(20)28/h4,7-15,29H,1,5-6,16-17H2,2-3H3. The van der Waals surface area contributed by atoms with Crippen molar-refractivity contribution in [2.45, 2.75) is 26.5 Å². The maximum absolute atomic E-state index is 6.29. The number of halogens is 2. The number of benzene rings is 3. The zero-order valence-electron chi connectivity index (χ0n) is 18.3. The number of nitrogens with one attached hydrogen (secondary N) is 1. The third-order valence-electron chi connectivity index (χ3n) is 4.82. The van der Waals surface area contributed by atoms with Crippen molar-refractivity contribution in [3.05, 3.63) is 94.0 Å². The van der Waals surface area contributed by atoms with Gasteiger partial charge in [0, 0.05) is 33.4 Å². The van der Waals surface area contributed by atoms with Gasteiger partial charge in [-0.2, -0.15) is 0 Å². The smallest absolute Gasteiger partial charge is 0.165 e. The van der Waals surface area contributed by atoms with Crippen LogP contribution < -0.4 is 19.5 Å². The molecular weight excluding hydrogens is 445 g/mol. The van der Waals surface area contributed by atoms with Crippen LogP contribution >= 0.6 is 23.2 Å². The van der Waals surface area contributed by atoms with E-state index in [1.54, 1.807) is 19.2 Å². The van der Waals surface area contributed by atoms with Gasteiger partial charge in [-0.15, -0.1) is 6.58 Å². The Bertz CT molecular complexity index is 1050. The molecule has 168 valence electrons. The SMILES string of the molecule is C=CCc1cc(CNc2ccc(OCC)cc2)cc(OC)c1OCc1ccc(Cl)cc1Cl. The van der Waals surface area contributed by atoms with Gasteiger partial charge in [0.2, 0.25) is 0 Å². The minimum Gasteiger partial charge on any atom is -0.494 e. The number of anilines is 1. The van der Waals surface area contributed by atoms with Gasteiger partial charge >= 0.3 is 0 Å². The molecule has 3 rings (SSSR count). The Kier molecular flexibility index (Phi) is 8.72. The van der Waals surface area contributed by atoms with Gasteiger partial charge in [-0.3, -0.25) is 0 Å². The number of ether oxygens (including phenoxy) is 3. The van der Waals surface area contributed by atoms with Crippen LogP contribution in [-0.2, 0) is 19.6 Å². The van der Waals surface area contributed by atoms with Crippen LogP contribution in [0.3, 0.4) is 0 Å². The van der Waals surface area contributed by atoms with Crippen LogP contribution in [0.5, 0.6) is 17.2 Å². The van der Waals surface area contributed by atoms with Crippen molar-refractivity contribution in [3.63, 3.8) is 0 Å². The predicted molar refractivity (Wildman–Crippen MR) is 133 cm³/mol. The summed E-state index contributed by atoms with van der Waals surface area (Å²) in [6.07, 6.45) is 2.50. The van der Waals surface area contributed by atoms with Crippen LogP contribution in [0.25, 0.3) is 0 Å². The van der Waals surface area contributed by atoms with Crippen LogP contribution in [0.15, 0.2) is 67.3 Å². The molecule has 32 heavy (non-hydrogen) atoms. The molecule has 0 aliphatic carbocycles. The number of hydrogen-bond acceptors (Lipinski definition) is 4. The fraction of sp³-hybridized carbons (Fsp3) is 0.231. The Balaban J connectivity index is 1.77. The van der Waals surface area contributed by atoms with Crippen molar-refractivity contribution in [1.82, 2.24) is 0 Å². The van der Waals surface area contributed by atoms with E-state index in [1.165, 1.54) is 0 Å². The fourth-order valence-electron chi connectivity index (χ4n) is 3.28. The molecule has 0 heterocycles. The van der Waals surface area contributed by atoms with E-state index in [0.29, 0.717) is 47.7 Å². The second-order valence-corrected chi connectivity index (χ2v) is 7.96. The zero-order chi connectivity index (χ0) is 22.9. The fourth-order valence-corrected chi connectivity index (χ4v) is 3.74. The number of methoxy groups -OCH3 is 1. The third-order valence-corrected chi connectivity index (χ3v) is 5.41. The molecule has 0 radical (unpaired) electrons. The Morgan fingerprint density at radius 2 is 1.75 bits per heavy atom. The normalized spacial score (nSPS) is 10.5. The van der Waals surface area contributed by atoms with E-state index in [1.807, 2.05) is 49.4 Å². The summed E-state index contributed by atoms with van der Waals surface area (Å²) in [6, 6.07) is 17.4. The lowest BCUT2D eigenvalue weighted by molar-refractivity contribution is 0.282. The largest absolute Gasteiger partial charge is 0.494 e. The van der Waals surface area contributed by atoms with E-state index >= 15 is 0 Å². The maximum atomic E-state index is 6.29. The molecule has 1 N–H and O–H groups in total. The molecule has 0 aliphatic heterocycles. The van der Waals surface area contributed by atoms with E-state index < -0.39 is 0 Å². The Morgan fingerprint density at radius 3 is 2.41 bits per heavy atom. The van der Waals surface area contributed by atoms with Crippen molar-refractivity contribution >= 4 is 28.9 Å². The van der Waals surface area contributed by atoms with Crippen molar-refractivity contribution < 1.29 is 14.2 Å². The van der Waals surface area contributed by atoms with Crippen LogP contribution in [0, 0.1) is 0 Å². The summed E-state index contributed by atoms with van der Waals surface area (Å²) in [7, 11) is 1.64. The van der Waals surface area contributed by atoms with E-state index in [0.717, 1.165) is 28.1 Å². The quantitative estimate of drug-likeness (QED) is 0.297. The van der Waals surface area contributed by atoms with E-state index in [9.17, 15) is 0 Å². The topological polar surface area (TPSA) is 39.7 Å². The molecule has 0 atom stereocenters. The van der Waals surface area contributed by atoms with Crippen molar-refractivity contribution in [2.75, 3.05) is 19.0 Å². The lowest BCUT2D eigenvalue weighted by atomic mass is 10.1. The van der Waals surface area contributed by atoms with Gasteiger partial charge in [0.15, 0.2) is 11.5 Å². The lowest BCUT2D eigenvalue weighted by Crippen LogP contribution is -2.05. The molecule has 3 aromatic rings. The monoisotopic (exact) mass is 471 g/mol. The molecule has 0 saturated carbocycles. The van der Waals surface area contributed by atoms with Crippen molar-refractivity contribution in [3.8, 4) is 17.2 Å². The molecule has 0 bridgehead atoms. The molecule has 0 aliphatic rings. The van der Waals surface area contributed by atoms with Gasteiger partial charge in [0.25, 0.3) is 0 Å². The van der Waals surface area contributed by atoms with Gasteiger partial charge in [-0.25, -0.2) is 0 Å². The molecule has 0 amide bonds. The van der Waals surface area contributed by atoms with Gasteiger partial charge < -0.3 is 19.5 Å². The highest BCUT2D eigenvalue weighted by atomic mass is 35.5. The first-order valence-corrected chi connectivity index (χ1v) is 11.1. The summed E-state index contributed by atoms with van der Waals surface area (Å²) in [5.74, 6) is 2.21.